The van der Waals surface area contributed by atoms with E-state index in [2.05, 4.69) is 5.32 Å². The maximum atomic E-state index is 12.4. The topological polar surface area (TPSA) is 109 Å². The fourth-order valence-corrected chi connectivity index (χ4v) is 2.18. The van der Waals surface area contributed by atoms with Gasteiger partial charge in [-0.2, -0.15) is 5.26 Å². The van der Waals surface area contributed by atoms with E-state index in [1.807, 2.05) is 6.07 Å². The Kier molecular flexibility index (Phi) is 6.55. The van der Waals surface area contributed by atoms with E-state index in [0.717, 1.165) is 0 Å². The Morgan fingerprint density at radius 2 is 1.89 bits per heavy atom. The van der Waals surface area contributed by atoms with Gasteiger partial charge in [0.2, 0.25) is 0 Å². The number of rotatable bonds is 7. The second-order valence-electron chi connectivity index (χ2n) is 5.47. The molecule has 7 heteroatoms. The summed E-state index contributed by atoms with van der Waals surface area (Å²) in [7, 11) is 1.41. The highest BCUT2D eigenvalue weighted by Crippen LogP contribution is 2.33. The number of carbonyl (C=O) groups excluding carboxylic acids is 1. The zero-order chi connectivity index (χ0) is 19.8. The van der Waals surface area contributed by atoms with Crippen LogP contribution in [0.2, 0.25) is 0 Å². The van der Waals surface area contributed by atoms with Gasteiger partial charge in [0.25, 0.3) is 5.91 Å². The highest BCUT2D eigenvalue weighted by molar-refractivity contribution is 6.09. The maximum Gasteiger partial charge on any atom is 0.344 e. The smallest absolute Gasteiger partial charge is 0.344 e. The first-order chi connectivity index (χ1) is 13.0. The minimum atomic E-state index is -1.15. The molecule has 0 aliphatic rings. The molecule has 0 fully saturated rings. The number of nitriles is 1. The van der Waals surface area contributed by atoms with Crippen molar-refractivity contribution >= 4 is 23.6 Å². The number of carbonyl (C=O) groups is 2. The van der Waals surface area contributed by atoms with Gasteiger partial charge >= 0.3 is 5.97 Å². The SMILES string of the molecule is COc1cccc(/C=C(/C#N)C(=O)Nc2ccccc2)c1O[C@H](C)C(=O)O. The van der Waals surface area contributed by atoms with Crippen LogP contribution in [0.5, 0.6) is 11.5 Å². The summed E-state index contributed by atoms with van der Waals surface area (Å²) in [5.41, 5.74) is 0.729. The third kappa shape index (κ3) is 5.09. The molecule has 0 saturated carbocycles. The van der Waals surface area contributed by atoms with Crippen molar-refractivity contribution in [2.75, 3.05) is 12.4 Å². The molecule has 0 unspecified atom stereocenters. The van der Waals surface area contributed by atoms with Gasteiger partial charge in [-0.1, -0.05) is 30.3 Å². The number of ether oxygens (including phenoxy) is 2. The molecule has 27 heavy (non-hydrogen) atoms. The maximum absolute atomic E-state index is 12.4. The number of amides is 1. The molecule has 2 rings (SSSR count). The molecule has 2 aromatic carbocycles. The molecule has 0 radical (unpaired) electrons. The summed E-state index contributed by atoms with van der Waals surface area (Å²) in [5.74, 6) is -1.32. The van der Waals surface area contributed by atoms with Crippen molar-refractivity contribution in [1.29, 1.82) is 5.26 Å². The van der Waals surface area contributed by atoms with Gasteiger partial charge in [0.15, 0.2) is 17.6 Å². The van der Waals surface area contributed by atoms with Crippen LogP contribution in [0.4, 0.5) is 5.69 Å². The quantitative estimate of drug-likeness (QED) is 0.576. The molecule has 2 aromatic rings. The molecule has 0 aliphatic carbocycles. The lowest BCUT2D eigenvalue weighted by Crippen LogP contribution is -2.23. The Labute approximate surface area is 156 Å². The zero-order valence-electron chi connectivity index (χ0n) is 14.8. The molecule has 1 amide bonds. The molecule has 0 aromatic heterocycles. The van der Waals surface area contributed by atoms with Gasteiger partial charge in [-0.15, -0.1) is 0 Å². The second-order valence-corrected chi connectivity index (χ2v) is 5.47. The normalized spacial score (nSPS) is 11.8. The van der Waals surface area contributed by atoms with Crippen LogP contribution >= 0.6 is 0 Å². The average Bonchev–Trinajstić information content (AvgIpc) is 2.67. The minimum absolute atomic E-state index is 0.134. The number of para-hydroxylation sites is 2. The van der Waals surface area contributed by atoms with Crippen molar-refractivity contribution in [2.45, 2.75) is 13.0 Å². The monoisotopic (exact) mass is 366 g/mol. The predicted molar refractivity (Wildman–Crippen MR) is 99.4 cm³/mol. The van der Waals surface area contributed by atoms with Crippen LogP contribution in [0.15, 0.2) is 54.1 Å². The largest absolute Gasteiger partial charge is 0.493 e. The number of benzene rings is 2. The van der Waals surface area contributed by atoms with Crippen molar-refractivity contribution in [3.63, 3.8) is 0 Å². The third-order valence-electron chi connectivity index (χ3n) is 3.57. The molecule has 7 nitrogen and oxygen atoms in total. The van der Waals surface area contributed by atoms with Crippen molar-refractivity contribution < 1.29 is 24.2 Å². The number of carboxylic acid groups (broad SMARTS) is 1. The molecule has 0 saturated heterocycles. The van der Waals surface area contributed by atoms with Gasteiger partial charge in [0.05, 0.1) is 7.11 Å². The van der Waals surface area contributed by atoms with Gasteiger partial charge in [-0.05, 0) is 31.2 Å². The molecule has 2 N–H and O–H groups in total. The molecule has 0 heterocycles. The van der Waals surface area contributed by atoms with E-state index in [0.29, 0.717) is 11.3 Å². The summed E-state index contributed by atoms with van der Waals surface area (Å²) in [6.45, 7) is 1.37. The average molecular weight is 366 g/mol. The van der Waals surface area contributed by atoms with E-state index >= 15 is 0 Å². The summed E-state index contributed by atoms with van der Waals surface area (Å²) in [4.78, 5) is 23.5. The zero-order valence-corrected chi connectivity index (χ0v) is 14.8. The summed E-state index contributed by atoms with van der Waals surface area (Å²) in [6, 6.07) is 15.4. The summed E-state index contributed by atoms with van der Waals surface area (Å²) in [5, 5.41) is 21.1. The lowest BCUT2D eigenvalue weighted by Gasteiger charge is -2.16. The van der Waals surface area contributed by atoms with Crippen LogP contribution < -0.4 is 14.8 Å². The Bertz CT molecular complexity index is 900. The van der Waals surface area contributed by atoms with E-state index in [9.17, 15) is 14.9 Å². The van der Waals surface area contributed by atoms with E-state index in [-0.39, 0.29) is 17.1 Å². The first kappa shape index (κ1) is 19.5. The predicted octanol–water partition coefficient (Wildman–Crippen LogP) is 3.09. The molecule has 0 spiro atoms. The molecular weight excluding hydrogens is 348 g/mol. The van der Waals surface area contributed by atoms with E-state index < -0.39 is 18.0 Å². The second kappa shape index (κ2) is 9.06. The highest BCUT2D eigenvalue weighted by atomic mass is 16.5. The van der Waals surface area contributed by atoms with E-state index in [1.54, 1.807) is 48.5 Å². The fourth-order valence-electron chi connectivity index (χ4n) is 2.18. The Morgan fingerprint density at radius 1 is 1.19 bits per heavy atom. The third-order valence-corrected chi connectivity index (χ3v) is 3.57. The van der Waals surface area contributed by atoms with Crippen LogP contribution in [0.3, 0.4) is 0 Å². The summed E-state index contributed by atoms with van der Waals surface area (Å²) >= 11 is 0. The molecular formula is C20H18N2O5. The van der Waals surface area contributed by atoms with Gasteiger partial charge < -0.3 is 19.9 Å². The first-order valence-electron chi connectivity index (χ1n) is 8.01. The molecule has 0 aliphatic heterocycles. The number of carboxylic acids is 1. The van der Waals surface area contributed by atoms with Gasteiger partial charge in [0.1, 0.15) is 11.6 Å². The molecule has 1 atom stereocenters. The highest BCUT2D eigenvalue weighted by Gasteiger charge is 2.19. The summed E-state index contributed by atoms with van der Waals surface area (Å²) < 4.78 is 10.7. The number of aliphatic carboxylic acids is 1. The van der Waals surface area contributed by atoms with E-state index in [1.165, 1.54) is 20.1 Å². The molecule has 0 bridgehead atoms. The number of anilines is 1. The van der Waals surface area contributed by atoms with Gasteiger partial charge in [-0.25, -0.2) is 4.79 Å². The Morgan fingerprint density at radius 3 is 2.48 bits per heavy atom. The van der Waals surface area contributed by atoms with Crippen LogP contribution in [-0.4, -0.2) is 30.2 Å². The minimum Gasteiger partial charge on any atom is -0.493 e. The standard InChI is InChI=1S/C20H18N2O5/c1-13(20(24)25)27-18-14(7-6-10-17(18)26-2)11-15(12-21)19(23)22-16-8-4-3-5-9-16/h3-11,13H,1-2H3,(H,22,23)(H,24,25)/b15-11-/t13-/m1/s1. The van der Waals surface area contributed by atoms with Crippen LogP contribution in [0.25, 0.3) is 6.08 Å². The Balaban J connectivity index is 2.38. The number of nitrogens with one attached hydrogen (secondary N) is 1. The van der Waals surface area contributed by atoms with Crippen molar-refractivity contribution in [2.24, 2.45) is 0 Å². The Hall–Kier alpha value is -3.79. The van der Waals surface area contributed by atoms with Crippen LogP contribution in [-0.2, 0) is 9.59 Å². The first-order valence-corrected chi connectivity index (χ1v) is 8.01. The van der Waals surface area contributed by atoms with Crippen molar-refractivity contribution in [3.8, 4) is 17.6 Å². The number of hydrogen-bond donors (Lipinski definition) is 2. The van der Waals surface area contributed by atoms with Crippen molar-refractivity contribution in [3.05, 3.63) is 59.7 Å². The van der Waals surface area contributed by atoms with Crippen molar-refractivity contribution in [1.82, 2.24) is 0 Å². The lowest BCUT2D eigenvalue weighted by molar-refractivity contribution is -0.144. The lowest BCUT2D eigenvalue weighted by atomic mass is 10.1. The fraction of sp³-hybridized carbons (Fsp3) is 0.150. The van der Waals surface area contributed by atoms with Gasteiger partial charge in [-0.3, -0.25) is 4.79 Å². The number of hydrogen-bond acceptors (Lipinski definition) is 5. The van der Waals surface area contributed by atoms with Crippen LogP contribution in [0, 0.1) is 11.3 Å². The summed E-state index contributed by atoms with van der Waals surface area (Å²) in [6.07, 6.45) is 0.183. The number of methoxy groups -OCH3 is 1. The molecule has 138 valence electrons. The van der Waals surface area contributed by atoms with Crippen LogP contribution in [0.1, 0.15) is 12.5 Å². The van der Waals surface area contributed by atoms with E-state index in [4.69, 9.17) is 14.6 Å². The number of nitrogens with zero attached hydrogens (tertiary/aromatic N) is 1. The van der Waals surface area contributed by atoms with Gasteiger partial charge in [0, 0.05) is 11.3 Å².